The molecule has 0 aliphatic heterocycles. The number of benzene rings is 1. The number of aliphatic carboxylic acids is 1. The van der Waals surface area contributed by atoms with Crippen LogP contribution < -0.4 is 0 Å². The molecule has 0 aromatic heterocycles. The Balaban J connectivity index is 3.11. The van der Waals surface area contributed by atoms with Gasteiger partial charge >= 0.3 is 5.97 Å². The second kappa shape index (κ2) is 4.42. The Kier molecular flexibility index (Phi) is 3.58. The molecule has 1 aromatic rings. The topological polar surface area (TPSA) is 37.3 Å². The van der Waals surface area contributed by atoms with Crippen LogP contribution in [-0.2, 0) is 11.2 Å². The van der Waals surface area contributed by atoms with Gasteiger partial charge in [-0.25, -0.2) is 4.39 Å². The van der Waals surface area contributed by atoms with Gasteiger partial charge in [-0.1, -0.05) is 17.7 Å². The average molecular weight is 245 g/mol. The summed E-state index contributed by atoms with van der Waals surface area (Å²) >= 11 is 5.71. The summed E-state index contributed by atoms with van der Waals surface area (Å²) in [5.41, 5.74) is 0.165. The lowest BCUT2D eigenvalue weighted by atomic mass is 9.85. The molecule has 1 aromatic carbocycles. The Morgan fingerprint density at radius 1 is 1.50 bits per heavy atom. The van der Waals surface area contributed by atoms with Crippen molar-refractivity contribution in [2.24, 2.45) is 5.41 Å². The fraction of sp³-hybridized carbons (Fsp3) is 0.417. The van der Waals surface area contributed by atoms with Crippen LogP contribution in [0.25, 0.3) is 0 Å². The predicted octanol–water partition coefficient (Wildman–Crippen LogP) is 3.44. The molecule has 1 rings (SSSR count). The molecule has 16 heavy (non-hydrogen) atoms. The van der Waals surface area contributed by atoms with E-state index in [1.165, 1.54) is 6.07 Å². The molecule has 0 unspecified atom stereocenters. The SMILES string of the molecule is Cc1cc(Cl)c(F)c(CC(C)(C)C(=O)O)c1. The van der Waals surface area contributed by atoms with E-state index in [-0.39, 0.29) is 11.4 Å². The van der Waals surface area contributed by atoms with Crippen LogP contribution in [0.4, 0.5) is 4.39 Å². The lowest BCUT2D eigenvalue weighted by Gasteiger charge is -2.19. The number of rotatable bonds is 3. The zero-order valence-electron chi connectivity index (χ0n) is 9.47. The van der Waals surface area contributed by atoms with Gasteiger partial charge in [0.25, 0.3) is 0 Å². The molecule has 0 radical (unpaired) electrons. The molecule has 4 heteroatoms. The molecule has 0 heterocycles. The van der Waals surface area contributed by atoms with E-state index in [9.17, 15) is 9.18 Å². The Morgan fingerprint density at radius 2 is 2.06 bits per heavy atom. The second-order valence-corrected chi connectivity index (χ2v) is 4.99. The average Bonchev–Trinajstić information content (AvgIpc) is 2.12. The summed E-state index contributed by atoms with van der Waals surface area (Å²) in [7, 11) is 0. The lowest BCUT2D eigenvalue weighted by molar-refractivity contribution is -0.146. The Bertz CT molecular complexity index is 427. The van der Waals surface area contributed by atoms with Gasteiger partial charge in [0.15, 0.2) is 0 Å². The van der Waals surface area contributed by atoms with Gasteiger partial charge in [-0.2, -0.15) is 0 Å². The van der Waals surface area contributed by atoms with Crippen LogP contribution in [0, 0.1) is 18.2 Å². The molecule has 0 saturated heterocycles. The molecule has 0 saturated carbocycles. The fourth-order valence-corrected chi connectivity index (χ4v) is 1.77. The summed E-state index contributed by atoms with van der Waals surface area (Å²) in [4.78, 5) is 11.0. The van der Waals surface area contributed by atoms with Gasteiger partial charge in [0.2, 0.25) is 0 Å². The van der Waals surface area contributed by atoms with Crippen molar-refractivity contribution in [1.29, 1.82) is 0 Å². The van der Waals surface area contributed by atoms with Gasteiger partial charge < -0.3 is 5.11 Å². The van der Waals surface area contributed by atoms with Gasteiger partial charge in [-0.15, -0.1) is 0 Å². The molecular weight excluding hydrogens is 231 g/mol. The van der Waals surface area contributed by atoms with Gasteiger partial charge in [-0.3, -0.25) is 4.79 Å². The molecular formula is C12H14ClFO2. The van der Waals surface area contributed by atoms with Crippen LogP contribution in [0.5, 0.6) is 0 Å². The lowest BCUT2D eigenvalue weighted by Crippen LogP contribution is -2.26. The smallest absolute Gasteiger partial charge is 0.309 e. The van der Waals surface area contributed by atoms with E-state index in [4.69, 9.17) is 16.7 Å². The summed E-state index contributed by atoms with van der Waals surface area (Å²) in [6.45, 7) is 4.92. The molecule has 0 amide bonds. The summed E-state index contributed by atoms with van der Waals surface area (Å²) in [5.74, 6) is -1.48. The van der Waals surface area contributed by atoms with Gasteiger partial charge in [0, 0.05) is 0 Å². The first kappa shape index (κ1) is 13.0. The molecule has 2 nitrogen and oxygen atoms in total. The van der Waals surface area contributed by atoms with Gasteiger partial charge in [0.05, 0.1) is 10.4 Å². The Morgan fingerprint density at radius 3 is 2.56 bits per heavy atom. The highest BCUT2D eigenvalue weighted by atomic mass is 35.5. The number of carboxylic acids is 1. The fourth-order valence-electron chi connectivity index (χ4n) is 1.48. The van der Waals surface area contributed by atoms with Crippen LogP contribution in [0.15, 0.2) is 12.1 Å². The van der Waals surface area contributed by atoms with Crippen LogP contribution in [0.2, 0.25) is 5.02 Å². The monoisotopic (exact) mass is 244 g/mol. The minimum atomic E-state index is -1.00. The summed E-state index contributed by atoms with van der Waals surface area (Å²) in [5, 5.41) is 9.01. The van der Waals surface area contributed by atoms with Crippen LogP contribution in [-0.4, -0.2) is 11.1 Å². The van der Waals surface area contributed by atoms with Crippen molar-refractivity contribution in [3.8, 4) is 0 Å². The van der Waals surface area contributed by atoms with E-state index in [1.54, 1.807) is 26.8 Å². The van der Waals surface area contributed by atoms with Crippen molar-refractivity contribution in [1.82, 2.24) is 0 Å². The van der Waals surface area contributed by atoms with Crippen molar-refractivity contribution in [3.05, 3.63) is 34.1 Å². The number of hydrogen-bond donors (Lipinski definition) is 1. The zero-order chi connectivity index (χ0) is 12.5. The first-order chi connectivity index (χ1) is 7.24. The van der Waals surface area contributed by atoms with Crippen molar-refractivity contribution in [3.63, 3.8) is 0 Å². The molecule has 0 aliphatic carbocycles. The number of carboxylic acid groups (broad SMARTS) is 1. The van der Waals surface area contributed by atoms with Crippen molar-refractivity contribution in [2.45, 2.75) is 27.2 Å². The quantitative estimate of drug-likeness (QED) is 0.884. The number of hydrogen-bond acceptors (Lipinski definition) is 1. The first-order valence-corrected chi connectivity index (χ1v) is 5.30. The highest BCUT2D eigenvalue weighted by Gasteiger charge is 2.29. The molecule has 0 aliphatic rings. The highest BCUT2D eigenvalue weighted by Crippen LogP contribution is 2.27. The minimum Gasteiger partial charge on any atom is -0.481 e. The molecule has 0 bridgehead atoms. The normalized spacial score (nSPS) is 11.6. The molecule has 0 atom stereocenters. The van der Waals surface area contributed by atoms with E-state index in [1.807, 2.05) is 0 Å². The van der Waals surface area contributed by atoms with Gasteiger partial charge in [-0.05, 0) is 44.4 Å². The first-order valence-electron chi connectivity index (χ1n) is 4.92. The minimum absolute atomic E-state index is 0.0381. The van der Waals surface area contributed by atoms with E-state index >= 15 is 0 Å². The molecule has 88 valence electrons. The summed E-state index contributed by atoms with van der Waals surface area (Å²) in [6, 6.07) is 3.15. The van der Waals surface area contributed by atoms with Crippen molar-refractivity contribution >= 4 is 17.6 Å². The maximum Gasteiger partial charge on any atom is 0.309 e. The van der Waals surface area contributed by atoms with E-state index < -0.39 is 17.2 Å². The summed E-state index contributed by atoms with van der Waals surface area (Å²) < 4.78 is 13.7. The molecule has 0 fully saturated rings. The maximum atomic E-state index is 13.7. The third-order valence-corrected chi connectivity index (χ3v) is 2.73. The highest BCUT2D eigenvalue weighted by molar-refractivity contribution is 6.30. The summed E-state index contributed by atoms with van der Waals surface area (Å²) in [6.07, 6.45) is 0.121. The van der Waals surface area contributed by atoms with Crippen LogP contribution in [0.3, 0.4) is 0 Å². The van der Waals surface area contributed by atoms with E-state index in [0.29, 0.717) is 5.56 Å². The van der Waals surface area contributed by atoms with E-state index in [0.717, 1.165) is 5.56 Å². The maximum absolute atomic E-state index is 13.7. The van der Waals surface area contributed by atoms with Crippen molar-refractivity contribution < 1.29 is 14.3 Å². The van der Waals surface area contributed by atoms with Crippen LogP contribution in [0.1, 0.15) is 25.0 Å². The van der Waals surface area contributed by atoms with Crippen molar-refractivity contribution in [2.75, 3.05) is 0 Å². The third kappa shape index (κ3) is 2.73. The zero-order valence-corrected chi connectivity index (χ0v) is 10.2. The number of halogens is 2. The van der Waals surface area contributed by atoms with E-state index in [2.05, 4.69) is 0 Å². The Hall–Kier alpha value is -1.09. The van der Waals surface area contributed by atoms with Crippen LogP contribution >= 0.6 is 11.6 Å². The number of carbonyl (C=O) groups is 1. The Labute approximate surface area is 99.0 Å². The molecule has 1 N–H and O–H groups in total. The second-order valence-electron chi connectivity index (χ2n) is 4.59. The third-order valence-electron chi connectivity index (χ3n) is 2.46. The molecule has 0 spiro atoms. The largest absolute Gasteiger partial charge is 0.481 e. The van der Waals surface area contributed by atoms with Gasteiger partial charge in [0.1, 0.15) is 5.82 Å². The number of aryl methyl sites for hydroxylation is 1. The standard InChI is InChI=1S/C12H14ClFO2/c1-7-4-8(10(14)9(13)5-7)6-12(2,3)11(15)16/h4-5H,6H2,1-3H3,(H,15,16). The predicted molar refractivity (Wildman–Crippen MR) is 61.3 cm³/mol.